The minimum Gasteiger partial charge on any atom is -0.350 e. The first-order chi connectivity index (χ1) is 13.1. The van der Waals surface area contributed by atoms with Gasteiger partial charge in [-0.05, 0) is 36.8 Å². The van der Waals surface area contributed by atoms with Gasteiger partial charge in [-0.15, -0.1) is 10.2 Å². The summed E-state index contributed by atoms with van der Waals surface area (Å²) in [6.45, 7) is 2.48. The van der Waals surface area contributed by atoms with Gasteiger partial charge in [0.15, 0.2) is 11.8 Å². The molecule has 1 aromatic heterocycles. The zero-order valence-electron chi connectivity index (χ0n) is 15.0. The van der Waals surface area contributed by atoms with Crippen molar-refractivity contribution < 1.29 is 0 Å². The van der Waals surface area contributed by atoms with E-state index in [1.165, 1.54) is 0 Å². The van der Waals surface area contributed by atoms with Crippen molar-refractivity contribution >= 4 is 29.2 Å². The molecule has 0 radical (unpaired) electrons. The van der Waals surface area contributed by atoms with Crippen molar-refractivity contribution in [1.29, 1.82) is 0 Å². The number of nitrogens with zero attached hydrogens (tertiary/aromatic N) is 4. The molecule has 27 heavy (non-hydrogen) atoms. The summed E-state index contributed by atoms with van der Waals surface area (Å²) in [4.78, 5) is 4.27. The lowest BCUT2D eigenvalue weighted by Crippen LogP contribution is -2.38. The van der Waals surface area contributed by atoms with Gasteiger partial charge in [0, 0.05) is 22.8 Å². The monoisotopic (exact) mass is 402 g/mol. The van der Waals surface area contributed by atoms with Crippen LogP contribution < -0.4 is 10.6 Å². The highest BCUT2D eigenvalue weighted by molar-refractivity contribution is 6.35. The lowest BCUT2D eigenvalue weighted by Gasteiger charge is -2.19. The van der Waals surface area contributed by atoms with Crippen LogP contribution in [0.25, 0.3) is 5.69 Å². The molecule has 8 heteroatoms. The zero-order valence-corrected chi connectivity index (χ0v) is 16.5. The molecular formula is C19H20Cl2N6. The molecule has 0 aliphatic carbocycles. The molecule has 0 aliphatic rings. The third-order valence-corrected chi connectivity index (χ3v) is 4.63. The molecular weight excluding hydrogens is 383 g/mol. The van der Waals surface area contributed by atoms with Crippen LogP contribution in [-0.4, -0.2) is 27.8 Å². The van der Waals surface area contributed by atoms with E-state index in [-0.39, 0.29) is 6.04 Å². The maximum absolute atomic E-state index is 6.29. The van der Waals surface area contributed by atoms with Crippen LogP contribution in [0.2, 0.25) is 10.0 Å². The predicted molar refractivity (Wildman–Crippen MR) is 110 cm³/mol. The van der Waals surface area contributed by atoms with Crippen LogP contribution >= 0.6 is 23.2 Å². The quantitative estimate of drug-likeness (QED) is 0.499. The maximum atomic E-state index is 6.29. The highest BCUT2D eigenvalue weighted by atomic mass is 35.5. The van der Waals surface area contributed by atoms with Crippen LogP contribution in [0.5, 0.6) is 0 Å². The molecule has 0 bridgehead atoms. The normalized spacial score (nSPS) is 12.7. The van der Waals surface area contributed by atoms with Gasteiger partial charge in [-0.2, -0.15) is 0 Å². The second-order valence-corrected chi connectivity index (χ2v) is 6.75. The van der Waals surface area contributed by atoms with E-state index in [9.17, 15) is 0 Å². The highest BCUT2D eigenvalue weighted by Crippen LogP contribution is 2.26. The minimum absolute atomic E-state index is 0.0482. The van der Waals surface area contributed by atoms with Gasteiger partial charge in [0.05, 0.1) is 12.6 Å². The molecule has 6 nitrogen and oxygen atoms in total. The van der Waals surface area contributed by atoms with Crippen LogP contribution in [0.1, 0.15) is 24.4 Å². The number of hydrogen-bond acceptors (Lipinski definition) is 3. The number of para-hydroxylation sites is 1. The third kappa shape index (κ3) is 4.78. The summed E-state index contributed by atoms with van der Waals surface area (Å²) in [5.41, 5.74) is 1.94. The van der Waals surface area contributed by atoms with E-state index in [1.807, 2.05) is 54.0 Å². The zero-order chi connectivity index (χ0) is 19.2. The molecule has 1 heterocycles. The number of halogens is 2. The van der Waals surface area contributed by atoms with Gasteiger partial charge in [-0.25, -0.2) is 0 Å². The molecule has 1 atom stereocenters. The minimum atomic E-state index is -0.0482. The van der Waals surface area contributed by atoms with Crippen molar-refractivity contribution in [2.24, 2.45) is 4.99 Å². The maximum Gasteiger partial charge on any atom is 0.191 e. The lowest BCUT2D eigenvalue weighted by atomic mass is 10.1. The first-order valence-electron chi connectivity index (χ1n) is 8.45. The predicted octanol–water partition coefficient (Wildman–Crippen LogP) is 4.00. The van der Waals surface area contributed by atoms with E-state index in [1.54, 1.807) is 19.4 Å². The van der Waals surface area contributed by atoms with Crippen LogP contribution in [0.3, 0.4) is 0 Å². The molecule has 0 fully saturated rings. The molecule has 3 aromatic rings. The molecule has 3 rings (SSSR count). The first-order valence-corrected chi connectivity index (χ1v) is 9.20. The van der Waals surface area contributed by atoms with E-state index in [4.69, 9.17) is 23.2 Å². The van der Waals surface area contributed by atoms with E-state index in [2.05, 4.69) is 25.8 Å². The fourth-order valence-electron chi connectivity index (χ4n) is 2.68. The van der Waals surface area contributed by atoms with Crippen LogP contribution in [0.4, 0.5) is 0 Å². The Labute approximate surface area is 168 Å². The van der Waals surface area contributed by atoms with Gasteiger partial charge in [-0.3, -0.25) is 9.56 Å². The van der Waals surface area contributed by atoms with Crippen molar-refractivity contribution in [1.82, 2.24) is 25.4 Å². The van der Waals surface area contributed by atoms with Gasteiger partial charge in [0.25, 0.3) is 0 Å². The number of benzene rings is 2. The lowest BCUT2D eigenvalue weighted by molar-refractivity contribution is 0.675. The first kappa shape index (κ1) is 19.2. The molecule has 1 unspecified atom stereocenters. The van der Waals surface area contributed by atoms with Crippen LogP contribution in [-0.2, 0) is 6.54 Å². The van der Waals surface area contributed by atoms with Crippen molar-refractivity contribution in [2.45, 2.75) is 19.5 Å². The average molecular weight is 403 g/mol. The summed E-state index contributed by atoms with van der Waals surface area (Å²) < 4.78 is 1.93. The van der Waals surface area contributed by atoms with Crippen LogP contribution in [0.15, 0.2) is 59.9 Å². The van der Waals surface area contributed by atoms with Gasteiger partial charge >= 0.3 is 0 Å². The SMILES string of the molecule is CN=C(NCc1nncn1-c1ccccc1)NC(C)c1ccc(Cl)cc1Cl. The summed E-state index contributed by atoms with van der Waals surface area (Å²) in [5, 5.41) is 16.0. The summed E-state index contributed by atoms with van der Waals surface area (Å²) in [5.74, 6) is 1.41. The van der Waals surface area contributed by atoms with Crippen molar-refractivity contribution in [2.75, 3.05) is 7.05 Å². The Morgan fingerprint density at radius 2 is 1.96 bits per heavy atom. The fraction of sp³-hybridized carbons (Fsp3) is 0.211. The average Bonchev–Trinajstić information content (AvgIpc) is 3.14. The van der Waals surface area contributed by atoms with E-state index in [0.29, 0.717) is 22.5 Å². The second kappa shape index (κ2) is 8.88. The highest BCUT2D eigenvalue weighted by Gasteiger charge is 2.13. The Bertz CT molecular complexity index is 923. The molecule has 0 saturated heterocycles. The smallest absolute Gasteiger partial charge is 0.191 e. The van der Waals surface area contributed by atoms with Gasteiger partial charge in [0.1, 0.15) is 6.33 Å². The number of nitrogens with one attached hydrogen (secondary N) is 2. The Morgan fingerprint density at radius 3 is 2.67 bits per heavy atom. The topological polar surface area (TPSA) is 67.1 Å². The molecule has 0 aliphatic heterocycles. The summed E-state index contributed by atoms with van der Waals surface area (Å²) in [6, 6.07) is 15.3. The number of rotatable bonds is 5. The number of hydrogen-bond donors (Lipinski definition) is 2. The van der Waals surface area contributed by atoms with Crippen molar-refractivity contribution in [3.8, 4) is 5.69 Å². The van der Waals surface area contributed by atoms with Gasteiger partial charge < -0.3 is 10.6 Å². The van der Waals surface area contributed by atoms with E-state index >= 15 is 0 Å². The van der Waals surface area contributed by atoms with Crippen LogP contribution in [0, 0.1) is 0 Å². The molecule has 2 N–H and O–H groups in total. The van der Waals surface area contributed by atoms with Gasteiger partial charge in [0.2, 0.25) is 0 Å². The van der Waals surface area contributed by atoms with Crippen molar-refractivity contribution in [3.63, 3.8) is 0 Å². The molecule has 140 valence electrons. The summed E-state index contributed by atoms with van der Waals surface area (Å²) in [6.07, 6.45) is 1.69. The van der Waals surface area contributed by atoms with E-state index in [0.717, 1.165) is 17.1 Å². The third-order valence-electron chi connectivity index (χ3n) is 4.07. The second-order valence-electron chi connectivity index (χ2n) is 5.91. The number of guanidine groups is 1. The summed E-state index contributed by atoms with van der Waals surface area (Å²) in [7, 11) is 1.72. The Hall–Kier alpha value is -2.57. The van der Waals surface area contributed by atoms with Crippen molar-refractivity contribution in [3.05, 3.63) is 76.3 Å². The Morgan fingerprint density at radius 1 is 1.19 bits per heavy atom. The molecule has 0 spiro atoms. The molecule has 2 aromatic carbocycles. The summed E-state index contributed by atoms with van der Waals surface area (Å²) >= 11 is 12.3. The van der Waals surface area contributed by atoms with E-state index < -0.39 is 0 Å². The largest absolute Gasteiger partial charge is 0.350 e. The molecule has 0 saturated carbocycles. The Balaban J connectivity index is 1.66. The number of aromatic nitrogens is 3. The standard InChI is InChI=1S/C19H20Cl2N6/c1-13(16-9-8-14(20)10-17(16)21)25-19(22-2)23-11-18-26-24-12-27(18)15-6-4-3-5-7-15/h3-10,12-13H,11H2,1-2H3,(H2,22,23,25). The van der Waals surface area contributed by atoms with Gasteiger partial charge in [-0.1, -0.05) is 47.5 Å². The molecule has 0 amide bonds. The Kier molecular flexibility index (Phi) is 6.32. The fourth-order valence-corrected chi connectivity index (χ4v) is 3.25. The number of aliphatic imine (C=N–C) groups is 1.